The first-order valence-electron chi connectivity index (χ1n) is 8.39. The molecular weight excluding hydrogens is 350 g/mol. The van der Waals surface area contributed by atoms with Crippen LogP contribution in [0.5, 0.6) is 0 Å². The summed E-state index contributed by atoms with van der Waals surface area (Å²) in [5.41, 5.74) is 0.177. The van der Waals surface area contributed by atoms with Crippen LogP contribution in [-0.4, -0.2) is 28.3 Å². The fourth-order valence-corrected chi connectivity index (χ4v) is 2.73. The number of benzene rings is 1. The number of nitrogens with one attached hydrogen (secondary N) is 1. The lowest BCUT2D eigenvalue weighted by Gasteiger charge is -2.12. The Hall–Kier alpha value is -3.42. The Morgan fingerprint density at radius 2 is 1.96 bits per heavy atom. The van der Waals surface area contributed by atoms with Gasteiger partial charge in [0.25, 0.3) is 11.5 Å². The van der Waals surface area contributed by atoms with Crippen LogP contribution >= 0.6 is 0 Å². The summed E-state index contributed by atoms with van der Waals surface area (Å²) in [6, 6.07) is 10.1. The molecule has 8 heteroatoms. The molecule has 0 radical (unpaired) electrons. The molecule has 2 heterocycles. The second kappa shape index (κ2) is 7.86. The summed E-state index contributed by atoms with van der Waals surface area (Å²) in [5, 5.41) is 7.88. The van der Waals surface area contributed by atoms with Gasteiger partial charge in [-0.15, -0.1) is 0 Å². The van der Waals surface area contributed by atoms with Gasteiger partial charge in [0.15, 0.2) is 6.61 Å². The molecule has 8 nitrogen and oxygen atoms in total. The molecule has 1 aromatic carbocycles. The van der Waals surface area contributed by atoms with Crippen molar-refractivity contribution in [1.29, 1.82) is 0 Å². The Labute approximate surface area is 154 Å². The maximum absolute atomic E-state index is 12.1. The third-order valence-electron chi connectivity index (χ3n) is 4.06. The van der Waals surface area contributed by atoms with Crippen LogP contribution in [0.4, 0.5) is 0 Å². The fourth-order valence-electron chi connectivity index (χ4n) is 2.73. The largest absolute Gasteiger partial charge is 0.467 e. The second-order valence-corrected chi connectivity index (χ2v) is 6.06. The molecule has 0 aliphatic heterocycles. The van der Waals surface area contributed by atoms with Crippen LogP contribution in [0.15, 0.2) is 51.9 Å². The van der Waals surface area contributed by atoms with Crippen LogP contribution in [-0.2, 0) is 27.8 Å². The highest BCUT2D eigenvalue weighted by atomic mass is 16.5. The number of carbonyl (C=O) groups excluding carboxylic acids is 2. The zero-order valence-corrected chi connectivity index (χ0v) is 15.0. The molecule has 0 unspecified atom stereocenters. The Morgan fingerprint density at radius 1 is 1.22 bits per heavy atom. The summed E-state index contributed by atoms with van der Waals surface area (Å²) in [6.07, 6.45) is 1.37. The standard InChI is InChI=1S/C19H19N3O5/c1-12(16-8-5-9-26-16)20-17(23)11-27-18(24)10-15-13-6-3-4-7-14(13)19(25)22(2)21-15/h3-9,12H,10-11H2,1-2H3,(H,20,23)/t12-/m1/s1. The van der Waals surface area contributed by atoms with Crippen molar-refractivity contribution in [2.24, 2.45) is 7.05 Å². The van der Waals surface area contributed by atoms with Crippen LogP contribution in [0.1, 0.15) is 24.4 Å². The average Bonchev–Trinajstić information content (AvgIpc) is 3.19. The van der Waals surface area contributed by atoms with Gasteiger partial charge in [-0.3, -0.25) is 14.4 Å². The molecule has 140 valence electrons. The number of hydrogen-bond acceptors (Lipinski definition) is 6. The molecule has 0 aliphatic carbocycles. The van der Waals surface area contributed by atoms with E-state index in [0.717, 1.165) is 0 Å². The fraction of sp³-hybridized carbons (Fsp3) is 0.263. The van der Waals surface area contributed by atoms with Gasteiger partial charge in [-0.05, 0) is 25.1 Å². The molecule has 0 bridgehead atoms. The van der Waals surface area contributed by atoms with Crippen LogP contribution in [0, 0.1) is 0 Å². The Kier molecular flexibility index (Phi) is 5.35. The van der Waals surface area contributed by atoms with Gasteiger partial charge in [-0.2, -0.15) is 5.10 Å². The smallest absolute Gasteiger partial charge is 0.312 e. The van der Waals surface area contributed by atoms with Crippen molar-refractivity contribution in [2.45, 2.75) is 19.4 Å². The van der Waals surface area contributed by atoms with Crippen molar-refractivity contribution >= 4 is 22.6 Å². The zero-order valence-electron chi connectivity index (χ0n) is 15.0. The monoisotopic (exact) mass is 369 g/mol. The lowest BCUT2D eigenvalue weighted by Crippen LogP contribution is -2.31. The minimum absolute atomic E-state index is 0.143. The van der Waals surface area contributed by atoms with E-state index in [1.807, 2.05) is 0 Å². The number of fused-ring (bicyclic) bond motifs is 1. The normalized spacial score (nSPS) is 11.9. The molecule has 2 aromatic heterocycles. The summed E-state index contributed by atoms with van der Waals surface area (Å²) < 4.78 is 11.4. The van der Waals surface area contributed by atoms with Crippen molar-refractivity contribution < 1.29 is 18.7 Å². The van der Waals surface area contributed by atoms with Crippen molar-refractivity contribution in [3.05, 3.63) is 64.5 Å². The third-order valence-corrected chi connectivity index (χ3v) is 4.06. The molecule has 27 heavy (non-hydrogen) atoms. The minimum Gasteiger partial charge on any atom is -0.467 e. The van der Waals surface area contributed by atoms with Crippen molar-refractivity contribution in [2.75, 3.05) is 6.61 Å². The predicted octanol–water partition coefficient (Wildman–Crippen LogP) is 1.49. The number of carbonyl (C=O) groups is 2. The highest BCUT2D eigenvalue weighted by molar-refractivity contribution is 5.87. The van der Waals surface area contributed by atoms with Crippen LogP contribution < -0.4 is 10.9 Å². The molecule has 0 fully saturated rings. The number of ether oxygens (including phenoxy) is 1. The van der Waals surface area contributed by atoms with E-state index < -0.39 is 18.5 Å². The van der Waals surface area contributed by atoms with Gasteiger partial charge >= 0.3 is 5.97 Å². The van der Waals surface area contributed by atoms with Gasteiger partial charge in [-0.25, -0.2) is 4.68 Å². The predicted molar refractivity (Wildman–Crippen MR) is 96.9 cm³/mol. The second-order valence-electron chi connectivity index (χ2n) is 6.06. The summed E-state index contributed by atoms with van der Waals surface area (Å²) in [7, 11) is 1.52. The van der Waals surface area contributed by atoms with Gasteiger partial charge in [0.05, 0.1) is 29.8 Å². The van der Waals surface area contributed by atoms with Crippen LogP contribution in [0.2, 0.25) is 0 Å². The molecule has 1 amide bonds. The van der Waals surface area contributed by atoms with Gasteiger partial charge in [0.1, 0.15) is 5.76 Å². The molecule has 0 spiro atoms. The van der Waals surface area contributed by atoms with Crippen LogP contribution in [0.25, 0.3) is 10.8 Å². The van der Waals surface area contributed by atoms with E-state index in [4.69, 9.17) is 9.15 Å². The maximum Gasteiger partial charge on any atom is 0.312 e. The van der Waals surface area contributed by atoms with Gasteiger partial charge in [0, 0.05) is 12.4 Å². The third kappa shape index (κ3) is 4.22. The van der Waals surface area contributed by atoms with Crippen molar-refractivity contribution in [3.8, 4) is 0 Å². The van der Waals surface area contributed by atoms with Crippen LogP contribution in [0.3, 0.4) is 0 Å². The molecule has 0 saturated heterocycles. The van der Waals surface area contributed by atoms with Gasteiger partial charge < -0.3 is 14.5 Å². The van der Waals surface area contributed by atoms with Crippen molar-refractivity contribution in [1.82, 2.24) is 15.1 Å². The highest BCUT2D eigenvalue weighted by Crippen LogP contribution is 2.14. The molecule has 0 aliphatic rings. The van der Waals surface area contributed by atoms with Gasteiger partial charge in [0.2, 0.25) is 0 Å². The number of aryl methyl sites for hydroxylation is 1. The van der Waals surface area contributed by atoms with Gasteiger partial charge in [-0.1, -0.05) is 18.2 Å². The summed E-state index contributed by atoms with van der Waals surface area (Å²) in [5.74, 6) is -0.437. The first-order chi connectivity index (χ1) is 13.0. The first kappa shape index (κ1) is 18.4. The number of furan rings is 1. The minimum atomic E-state index is -0.605. The Balaban J connectivity index is 1.61. The number of rotatable bonds is 6. The lowest BCUT2D eigenvalue weighted by atomic mass is 10.1. The number of esters is 1. The molecule has 0 saturated carbocycles. The maximum atomic E-state index is 12.1. The number of nitrogens with zero attached hydrogens (tertiary/aromatic N) is 2. The number of amides is 1. The van der Waals surface area contributed by atoms with E-state index in [2.05, 4.69) is 10.4 Å². The molecule has 1 N–H and O–H groups in total. The summed E-state index contributed by atoms with van der Waals surface area (Å²) in [4.78, 5) is 36.2. The molecule has 1 atom stereocenters. The number of aromatic nitrogens is 2. The topological polar surface area (TPSA) is 103 Å². The number of hydrogen-bond donors (Lipinski definition) is 1. The summed E-state index contributed by atoms with van der Waals surface area (Å²) in [6.45, 7) is 1.35. The highest BCUT2D eigenvalue weighted by Gasteiger charge is 2.16. The molecule has 3 aromatic rings. The van der Waals surface area contributed by atoms with E-state index in [0.29, 0.717) is 22.2 Å². The Bertz CT molecular complexity index is 1020. The molecule has 3 rings (SSSR count). The zero-order chi connectivity index (χ0) is 19.4. The SMILES string of the molecule is C[C@@H](NC(=O)COC(=O)Cc1nn(C)c(=O)c2ccccc12)c1ccco1. The quantitative estimate of drug-likeness (QED) is 0.660. The first-order valence-corrected chi connectivity index (χ1v) is 8.39. The average molecular weight is 369 g/mol. The van der Waals surface area contributed by atoms with E-state index in [-0.39, 0.29) is 18.0 Å². The Morgan fingerprint density at radius 3 is 2.67 bits per heavy atom. The van der Waals surface area contributed by atoms with E-state index in [1.54, 1.807) is 43.3 Å². The van der Waals surface area contributed by atoms with Crippen molar-refractivity contribution in [3.63, 3.8) is 0 Å². The summed E-state index contributed by atoms with van der Waals surface area (Å²) >= 11 is 0. The molecular formula is C19H19N3O5. The lowest BCUT2D eigenvalue weighted by molar-refractivity contribution is -0.148. The van der Waals surface area contributed by atoms with E-state index in [1.165, 1.54) is 18.0 Å². The van der Waals surface area contributed by atoms with E-state index in [9.17, 15) is 14.4 Å². The van der Waals surface area contributed by atoms with E-state index >= 15 is 0 Å².